The van der Waals surface area contributed by atoms with Crippen LogP contribution in [0.25, 0.3) is 0 Å². The third-order valence-electron chi connectivity index (χ3n) is 0.707. The predicted molar refractivity (Wildman–Crippen MR) is 38.0 cm³/mol. The summed E-state index contributed by atoms with van der Waals surface area (Å²) in [6.07, 6.45) is 1.88. The SMILES string of the molecule is ClCC1=NNSC=C1. The average molecular weight is 149 g/mol. The number of hydrazone groups is 1. The van der Waals surface area contributed by atoms with Crippen molar-refractivity contribution in [3.63, 3.8) is 0 Å². The van der Waals surface area contributed by atoms with E-state index in [9.17, 15) is 0 Å². The van der Waals surface area contributed by atoms with E-state index in [2.05, 4.69) is 9.93 Å². The molecular formula is C4H5ClN2S. The normalized spacial score (nSPS) is 17.4. The minimum atomic E-state index is 0.476. The average Bonchev–Trinajstić information content (AvgIpc) is 1.90. The van der Waals surface area contributed by atoms with E-state index in [1.165, 1.54) is 11.9 Å². The van der Waals surface area contributed by atoms with Gasteiger partial charge in [-0.15, -0.1) is 11.6 Å². The fourth-order valence-electron chi connectivity index (χ4n) is 0.340. The molecule has 44 valence electrons. The first kappa shape index (κ1) is 5.98. The Morgan fingerprint density at radius 3 is 3.12 bits per heavy atom. The Labute approximate surface area is 57.1 Å². The van der Waals surface area contributed by atoms with Crippen molar-refractivity contribution in [3.05, 3.63) is 11.5 Å². The number of alkyl halides is 1. The van der Waals surface area contributed by atoms with Gasteiger partial charge in [-0.1, -0.05) is 0 Å². The van der Waals surface area contributed by atoms with E-state index in [0.717, 1.165) is 5.71 Å². The van der Waals surface area contributed by atoms with Gasteiger partial charge in [0.2, 0.25) is 0 Å². The van der Waals surface area contributed by atoms with E-state index in [1.54, 1.807) is 0 Å². The molecule has 0 aromatic carbocycles. The van der Waals surface area contributed by atoms with Gasteiger partial charge in [-0.05, 0) is 23.4 Å². The van der Waals surface area contributed by atoms with Gasteiger partial charge >= 0.3 is 0 Å². The molecule has 0 radical (unpaired) electrons. The maximum atomic E-state index is 5.45. The highest BCUT2D eigenvalue weighted by atomic mass is 35.5. The fourth-order valence-corrected chi connectivity index (χ4v) is 0.944. The van der Waals surface area contributed by atoms with Crippen molar-refractivity contribution >= 4 is 29.3 Å². The second-order valence-electron chi connectivity index (χ2n) is 1.25. The molecule has 0 amide bonds. The van der Waals surface area contributed by atoms with Crippen molar-refractivity contribution in [2.75, 3.05) is 5.88 Å². The molecule has 1 rings (SSSR count). The lowest BCUT2D eigenvalue weighted by Gasteiger charge is -2.00. The Morgan fingerprint density at radius 2 is 2.75 bits per heavy atom. The number of rotatable bonds is 1. The van der Waals surface area contributed by atoms with E-state index >= 15 is 0 Å². The first-order valence-corrected chi connectivity index (χ1v) is 3.54. The standard InChI is InChI=1S/C4H5ClN2S/c5-3-4-1-2-8-7-6-4/h1-2,7H,3H2. The highest BCUT2D eigenvalue weighted by molar-refractivity contribution is 8.00. The molecule has 0 saturated heterocycles. The first-order valence-electron chi connectivity index (χ1n) is 2.13. The molecule has 0 aromatic heterocycles. The molecule has 1 aliphatic heterocycles. The number of hydrogen-bond donors (Lipinski definition) is 1. The molecule has 0 aromatic rings. The van der Waals surface area contributed by atoms with E-state index in [1.807, 2.05) is 11.5 Å². The summed E-state index contributed by atoms with van der Waals surface area (Å²) in [4.78, 5) is 2.72. The Morgan fingerprint density at radius 1 is 1.88 bits per heavy atom. The second kappa shape index (κ2) is 2.99. The fraction of sp³-hybridized carbons (Fsp3) is 0.250. The van der Waals surface area contributed by atoms with E-state index < -0.39 is 0 Å². The van der Waals surface area contributed by atoms with E-state index in [-0.39, 0.29) is 0 Å². The molecular weight excluding hydrogens is 144 g/mol. The van der Waals surface area contributed by atoms with Crippen LogP contribution in [0.5, 0.6) is 0 Å². The zero-order chi connectivity index (χ0) is 5.82. The topological polar surface area (TPSA) is 24.4 Å². The lowest BCUT2D eigenvalue weighted by atomic mass is 10.4. The first-order chi connectivity index (χ1) is 3.93. The van der Waals surface area contributed by atoms with Gasteiger partial charge in [0.25, 0.3) is 0 Å². The van der Waals surface area contributed by atoms with E-state index in [4.69, 9.17) is 11.6 Å². The summed E-state index contributed by atoms with van der Waals surface area (Å²) in [6, 6.07) is 0. The Bertz CT molecular complexity index is 132. The highest BCUT2D eigenvalue weighted by Crippen LogP contribution is 2.02. The molecule has 0 unspecified atom stereocenters. The van der Waals surface area contributed by atoms with Crippen LogP contribution in [0.2, 0.25) is 0 Å². The third-order valence-corrected chi connectivity index (χ3v) is 1.45. The van der Waals surface area contributed by atoms with Crippen molar-refractivity contribution in [3.8, 4) is 0 Å². The number of halogens is 1. The molecule has 0 spiro atoms. The highest BCUT2D eigenvalue weighted by Gasteiger charge is 1.93. The molecule has 0 saturated carbocycles. The zero-order valence-electron chi connectivity index (χ0n) is 4.10. The van der Waals surface area contributed by atoms with Gasteiger partial charge in [0.05, 0.1) is 11.6 Å². The third kappa shape index (κ3) is 1.42. The predicted octanol–water partition coefficient (Wildman–Crippen LogP) is 1.35. The lowest BCUT2D eigenvalue weighted by molar-refractivity contribution is 1.11. The smallest absolute Gasteiger partial charge is 0.0766 e. The van der Waals surface area contributed by atoms with Crippen LogP contribution in [0.3, 0.4) is 0 Å². The number of allylic oxidation sites excluding steroid dienone is 1. The van der Waals surface area contributed by atoms with Crippen LogP contribution in [0.1, 0.15) is 0 Å². The number of nitrogens with one attached hydrogen (secondary N) is 1. The van der Waals surface area contributed by atoms with Gasteiger partial charge in [-0.2, -0.15) is 5.10 Å². The van der Waals surface area contributed by atoms with Gasteiger partial charge in [-0.25, -0.2) is 4.83 Å². The molecule has 1 N–H and O–H groups in total. The minimum Gasteiger partial charge on any atom is -0.247 e. The minimum absolute atomic E-state index is 0.476. The Hall–Kier alpha value is -0.150. The van der Waals surface area contributed by atoms with Crippen molar-refractivity contribution in [1.29, 1.82) is 0 Å². The van der Waals surface area contributed by atoms with Gasteiger partial charge in [-0.3, -0.25) is 0 Å². The van der Waals surface area contributed by atoms with Crippen LogP contribution in [0.4, 0.5) is 0 Å². The Kier molecular flexibility index (Phi) is 2.24. The van der Waals surface area contributed by atoms with Crippen molar-refractivity contribution in [2.45, 2.75) is 0 Å². The van der Waals surface area contributed by atoms with Gasteiger partial charge in [0, 0.05) is 0 Å². The summed E-state index contributed by atoms with van der Waals surface area (Å²) in [5, 5.41) is 5.77. The summed E-state index contributed by atoms with van der Waals surface area (Å²) in [5.41, 5.74) is 0.880. The molecule has 1 aliphatic rings. The quantitative estimate of drug-likeness (QED) is 0.449. The summed E-state index contributed by atoms with van der Waals surface area (Å²) < 4.78 is 0. The maximum absolute atomic E-state index is 5.45. The van der Waals surface area contributed by atoms with Crippen molar-refractivity contribution in [2.24, 2.45) is 5.10 Å². The van der Waals surface area contributed by atoms with Crippen LogP contribution in [0.15, 0.2) is 16.6 Å². The molecule has 0 atom stereocenters. The van der Waals surface area contributed by atoms with Gasteiger partial charge in [0.1, 0.15) is 0 Å². The van der Waals surface area contributed by atoms with Crippen LogP contribution in [0, 0.1) is 0 Å². The molecule has 0 aliphatic carbocycles. The molecule has 2 nitrogen and oxygen atoms in total. The van der Waals surface area contributed by atoms with Gasteiger partial charge in [0.15, 0.2) is 0 Å². The monoisotopic (exact) mass is 148 g/mol. The van der Waals surface area contributed by atoms with E-state index in [0.29, 0.717) is 5.88 Å². The lowest BCUT2D eigenvalue weighted by Crippen LogP contribution is -2.05. The maximum Gasteiger partial charge on any atom is 0.0766 e. The summed E-state index contributed by atoms with van der Waals surface area (Å²) in [7, 11) is 0. The summed E-state index contributed by atoms with van der Waals surface area (Å²) in [6.45, 7) is 0. The zero-order valence-corrected chi connectivity index (χ0v) is 5.67. The summed E-state index contributed by atoms with van der Waals surface area (Å²) in [5.74, 6) is 0.476. The van der Waals surface area contributed by atoms with Gasteiger partial charge < -0.3 is 0 Å². The van der Waals surface area contributed by atoms with Crippen LogP contribution < -0.4 is 4.83 Å². The molecule has 8 heavy (non-hydrogen) atoms. The molecule has 4 heteroatoms. The largest absolute Gasteiger partial charge is 0.247 e. The number of hydrogen-bond acceptors (Lipinski definition) is 3. The second-order valence-corrected chi connectivity index (χ2v) is 2.21. The number of nitrogens with zero attached hydrogens (tertiary/aromatic N) is 1. The Balaban J connectivity index is 2.51. The van der Waals surface area contributed by atoms with Crippen LogP contribution in [-0.2, 0) is 0 Å². The van der Waals surface area contributed by atoms with Crippen molar-refractivity contribution < 1.29 is 0 Å². The summed E-state index contributed by atoms with van der Waals surface area (Å²) >= 11 is 6.89. The van der Waals surface area contributed by atoms with Crippen LogP contribution >= 0.6 is 23.5 Å². The molecule has 0 bridgehead atoms. The van der Waals surface area contributed by atoms with Crippen LogP contribution in [-0.4, -0.2) is 11.6 Å². The van der Waals surface area contributed by atoms with Crippen molar-refractivity contribution in [1.82, 2.24) is 4.83 Å². The molecule has 0 fully saturated rings. The molecule has 1 heterocycles.